The van der Waals surface area contributed by atoms with Gasteiger partial charge in [-0.25, -0.2) is 0 Å². The Balaban J connectivity index is 1.11. The number of rotatable bonds is 3. The first-order chi connectivity index (χ1) is 30.7. The Labute approximate surface area is 373 Å². The van der Waals surface area contributed by atoms with Crippen LogP contribution in [0.25, 0.3) is 93.6 Å². The van der Waals surface area contributed by atoms with Crippen LogP contribution in [0.5, 0.6) is 0 Å². The van der Waals surface area contributed by atoms with Crippen LogP contribution < -0.4 is 16.2 Å². The molecule has 2 aliphatic rings. The highest BCUT2D eigenvalue weighted by Crippen LogP contribution is 2.50. The first-order valence-corrected chi connectivity index (χ1v) is 22.8. The Kier molecular flexibility index (Phi) is 7.40. The summed E-state index contributed by atoms with van der Waals surface area (Å²) in [5.74, 6) is 0. The molecular weight excluding hydrogens is 779 g/mol. The second-order valence-corrected chi connectivity index (χ2v) is 21.1. The molecule has 13 rings (SSSR count). The zero-order valence-corrected chi connectivity index (χ0v) is 37.7. The van der Waals surface area contributed by atoms with Crippen LogP contribution in [0.3, 0.4) is 0 Å². The fourth-order valence-electron chi connectivity index (χ4n) is 11.2. The number of anilines is 2. The molecule has 11 aromatic rings. The minimum absolute atomic E-state index is 0.000561. The minimum atomic E-state index is -0.127. The molecule has 1 N–H and O–H groups in total. The second kappa shape index (κ2) is 12.6. The van der Waals surface area contributed by atoms with Gasteiger partial charge in [0.1, 0.15) is 22.3 Å². The molecule has 4 nitrogen and oxygen atoms in total. The Morgan fingerprint density at radius 1 is 0.500 bits per heavy atom. The van der Waals surface area contributed by atoms with Gasteiger partial charge in [-0.3, -0.25) is 0 Å². The average molecular weight is 829 g/mol. The second-order valence-electron chi connectivity index (χ2n) is 21.1. The molecule has 8 aromatic carbocycles. The third-order valence-corrected chi connectivity index (χ3v) is 14.7. The molecule has 310 valence electrons. The molecule has 1 aliphatic carbocycles. The number of benzene rings is 8. The fraction of sp³-hybridized carbons (Fsp3) is 0.186. The van der Waals surface area contributed by atoms with Crippen LogP contribution in [0, 0.1) is 0 Å². The van der Waals surface area contributed by atoms with Gasteiger partial charge in [-0.05, 0) is 104 Å². The summed E-state index contributed by atoms with van der Waals surface area (Å²) in [6, 6.07) is 52.1. The van der Waals surface area contributed by atoms with E-state index in [-0.39, 0.29) is 16.2 Å². The van der Waals surface area contributed by atoms with E-state index in [0.717, 1.165) is 73.6 Å². The van der Waals surface area contributed by atoms with E-state index in [2.05, 4.69) is 205 Å². The molecule has 1 aliphatic heterocycles. The summed E-state index contributed by atoms with van der Waals surface area (Å²) < 4.78 is 15.9. The van der Waals surface area contributed by atoms with E-state index in [1.165, 1.54) is 71.8 Å². The van der Waals surface area contributed by atoms with E-state index >= 15 is 0 Å². The van der Waals surface area contributed by atoms with Crippen molar-refractivity contribution in [2.24, 2.45) is 0 Å². The minimum Gasteiger partial charge on any atom is -0.456 e. The third kappa shape index (κ3) is 5.24. The van der Waals surface area contributed by atoms with Gasteiger partial charge < -0.3 is 18.7 Å². The molecule has 0 saturated heterocycles. The molecule has 3 aromatic heterocycles. The third-order valence-electron chi connectivity index (χ3n) is 14.7. The molecule has 0 fully saturated rings. The van der Waals surface area contributed by atoms with Crippen molar-refractivity contribution in [3.05, 3.63) is 162 Å². The molecule has 64 heavy (non-hydrogen) atoms. The Hall–Kier alpha value is -6.98. The highest BCUT2D eigenvalue weighted by atomic mass is 16.3. The summed E-state index contributed by atoms with van der Waals surface area (Å²) in [4.78, 5) is 0. The smallest absolute Gasteiger partial charge is 0.198 e. The van der Waals surface area contributed by atoms with Gasteiger partial charge in [0.25, 0.3) is 0 Å². The van der Waals surface area contributed by atoms with Crippen molar-refractivity contribution < 1.29 is 8.83 Å². The first kappa shape index (κ1) is 37.6. The van der Waals surface area contributed by atoms with E-state index in [4.69, 9.17) is 8.83 Å². The van der Waals surface area contributed by atoms with Crippen LogP contribution in [0.1, 0.15) is 77.6 Å². The van der Waals surface area contributed by atoms with Crippen LogP contribution in [-0.4, -0.2) is 11.8 Å². The lowest BCUT2D eigenvalue weighted by Crippen LogP contribution is -2.37. The van der Waals surface area contributed by atoms with Crippen LogP contribution >= 0.6 is 0 Å². The lowest BCUT2D eigenvalue weighted by molar-refractivity contribution is 0.590. The Bertz CT molecular complexity index is 3820. The van der Waals surface area contributed by atoms with Crippen molar-refractivity contribution >= 4 is 95.3 Å². The quantitative estimate of drug-likeness (QED) is 0.180. The number of nitrogens with one attached hydrogen (secondary N) is 1. The van der Waals surface area contributed by atoms with Crippen molar-refractivity contribution in [3.63, 3.8) is 0 Å². The lowest BCUT2D eigenvalue weighted by atomic mass is 9.58. The molecule has 0 spiro atoms. The van der Waals surface area contributed by atoms with Gasteiger partial charge in [0.15, 0.2) is 7.28 Å². The van der Waals surface area contributed by atoms with Gasteiger partial charge in [-0.15, -0.1) is 0 Å². The van der Waals surface area contributed by atoms with Gasteiger partial charge in [0.05, 0.1) is 11.2 Å². The molecule has 0 unspecified atom stereocenters. The molecular formula is C59H49BN2O2. The summed E-state index contributed by atoms with van der Waals surface area (Å²) in [5.41, 5.74) is 22.3. The van der Waals surface area contributed by atoms with Gasteiger partial charge in [0, 0.05) is 72.3 Å². The largest absolute Gasteiger partial charge is 0.456 e. The van der Waals surface area contributed by atoms with Gasteiger partial charge in [0.2, 0.25) is 0 Å². The molecule has 0 bridgehead atoms. The standard InChI is InChI=1S/C59H49BN2O2/c1-57(2,3)32-17-20-34(21-18-32)61-48-30-53-44(42-25-33(58(4,5)6)19-24-52(42)64-53)26-40(48)37-22-23-38-41-27-43-36-14-10-12-16-51(36)63-54(43)31-49(41)62-50-29-46-39(28-47(50)60-55(37)56(38)62)35-13-9-11-15-45(35)59(46,7)8/h9-31,60-61H,1-8H3. The van der Waals surface area contributed by atoms with E-state index < -0.39 is 0 Å². The van der Waals surface area contributed by atoms with E-state index in [9.17, 15) is 0 Å². The Morgan fingerprint density at radius 3 is 1.98 bits per heavy atom. The maximum Gasteiger partial charge on any atom is 0.198 e. The zero-order valence-electron chi connectivity index (χ0n) is 37.7. The topological polar surface area (TPSA) is 43.2 Å². The molecule has 0 radical (unpaired) electrons. The Morgan fingerprint density at radius 2 is 1.19 bits per heavy atom. The van der Waals surface area contributed by atoms with Crippen LogP contribution in [0.4, 0.5) is 11.4 Å². The summed E-state index contributed by atoms with van der Waals surface area (Å²) in [7, 11) is 0.797. The lowest BCUT2D eigenvalue weighted by Gasteiger charge is -2.27. The van der Waals surface area contributed by atoms with Crippen molar-refractivity contribution in [2.45, 2.75) is 71.6 Å². The number of furan rings is 2. The molecule has 0 amide bonds. The monoisotopic (exact) mass is 828 g/mol. The number of nitrogens with zero attached hydrogens (tertiary/aromatic N) is 1. The number of para-hydroxylation sites is 1. The summed E-state index contributed by atoms with van der Waals surface area (Å²) in [6.07, 6.45) is 0. The normalized spacial score (nSPS) is 14.2. The maximum absolute atomic E-state index is 6.69. The van der Waals surface area contributed by atoms with Crippen molar-refractivity contribution in [2.75, 3.05) is 5.32 Å². The van der Waals surface area contributed by atoms with Gasteiger partial charge in [-0.2, -0.15) is 0 Å². The number of fused-ring (bicyclic) bond motifs is 14. The predicted molar refractivity (Wildman–Crippen MR) is 272 cm³/mol. The predicted octanol–water partition coefficient (Wildman–Crippen LogP) is 14.6. The highest BCUT2D eigenvalue weighted by Gasteiger charge is 2.38. The number of hydrogen-bond acceptors (Lipinski definition) is 3. The first-order valence-electron chi connectivity index (χ1n) is 22.8. The summed E-state index contributed by atoms with van der Waals surface area (Å²) >= 11 is 0. The molecule has 0 atom stereocenters. The SMILES string of the molecule is CC(C)(C)c1ccc(Nc2cc3oc4ccc(C(C)(C)C)cc4c3cc2-c2ccc3c4cc5c(cc4n4c3c2Bc2cc3c(cc2-4)C(C)(C)c2ccccc2-3)oc2ccccc25)cc1. The van der Waals surface area contributed by atoms with Crippen molar-refractivity contribution in [1.82, 2.24) is 4.57 Å². The maximum atomic E-state index is 6.69. The van der Waals surface area contributed by atoms with Crippen molar-refractivity contribution in [1.29, 1.82) is 0 Å². The van der Waals surface area contributed by atoms with Gasteiger partial charge in [-0.1, -0.05) is 140 Å². The average Bonchev–Trinajstić information content (AvgIpc) is 3.98. The summed E-state index contributed by atoms with van der Waals surface area (Å²) in [5, 5.41) is 11.0. The van der Waals surface area contributed by atoms with E-state index in [0.29, 0.717) is 0 Å². The van der Waals surface area contributed by atoms with Crippen LogP contribution in [0.15, 0.2) is 148 Å². The van der Waals surface area contributed by atoms with Gasteiger partial charge >= 0.3 is 0 Å². The van der Waals surface area contributed by atoms with Crippen molar-refractivity contribution in [3.8, 4) is 27.9 Å². The fourth-order valence-corrected chi connectivity index (χ4v) is 11.2. The van der Waals surface area contributed by atoms with E-state index in [1.54, 1.807) is 0 Å². The molecule has 5 heteroatoms. The van der Waals surface area contributed by atoms with Crippen LogP contribution in [0.2, 0.25) is 0 Å². The highest BCUT2D eigenvalue weighted by molar-refractivity contribution is 6.73. The number of hydrogen-bond donors (Lipinski definition) is 1. The zero-order chi connectivity index (χ0) is 43.6. The van der Waals surface area contributed by atoms with E-state index in [1.807, 2.05) is 0 Å². The number of aromatic nitrogens is 1. The molecule has 4 heterocycles. The molecule has 0 saturated carbocycles. The summed E-state index contributed by atoms with van der Waals surface area (Å²) in [6.45, 7) is 18.4. The van der Waals surface area contributed by atoms with Crippen LogP contribution in [-0.2, 0) is 16.2 Å².